The van der Waals surface area contributed by atoms with Crippen LogP contribution in [-0.2, 0) is 4.74 Å². The Hall–Kier alpha value is -2.44. The van der Waals surface area contributed by atoms with Crippen molar-refractivity contribution >= 4 is 28.9 Å². The second-order valence-corrected chi connectivity index (χ2v) is 5.72. The molecule has 0 heterocycles. The average molecular weight is 358 g/mol. The molecule has 2 rings (SSSR count). The van der Waals surface area contributed by atoms with Crippen LogP contribution in [0.3, 0.4) is 0 Å². The molecule has 0 aliphatic rings. The van der Waals surface area contributed by atoms with Crippen LogP contribution in [0.1, 0.15) is 22.8 Å². The van der Waals surface area contributed by atoms with E-state index in [1.165, 1.54) is 0 Å². The highest BCUT2D eigenvalue weighted by atomic mass is 32.1. The zero-order valence-corrected chi connectivity index (χ0v) is 15.2. The minimum atomic E-state index is -0.257. The number of para-hydroxylation sites is 2. The first-order chi connectivity index (χ1) is 12.1. The molecule has 6 heteroatoms. The Morgan fingerprint density at radius 2 is 1.80 bits per heavy atom. The summed E-state index contributed by atoms with van der Waals surface area (Å²) >= 11 is 5.23. The Bertz CT molecular complexity index is 717. The minimum Gasteiger partial charge on any atom is -0.489 e. The van der Waals surface area contributed by atoms with Crippen LogP contribution < -0.4 is 15.4 Å². The summed E-state index contributed by atoms with van der Waals surface area (Å²) in [5.74, 6) is 0.390. The van der Waals surface area contributed by atoms with E-state index in [0.717, 1.165) is 5.56 Å². The fourth-order valence-electron chi connectivity index (χ4n) is 2.08. The second kappa shape index (κ2) is 9.76. The van der Waals surface area contributed by atoms with Gasteiger partial charge in [0.1, 0.15) is 12.4 Å². The Morgan fingerprint density at radius 1 is 1.08 bits per heavy atom. The van der Waals surface area contributed by atoms with Crippen molar-refractivity contribution in [3.63, 3.8) is 0 Å². The van der Waals surface area contributed by atoms with Crippen molar-refractivity contribution in [2.45, 2.75) is 13.8 Å². The number of thiocarbonyl (C=S) groups is 1. The zero-order valence-electron chi connectivity index (χ0n) is 14.4. The highest BCUT2D eigenvalue weighted by Crippen LogP contribution is 2.23. The third-order valence-electron chi connectivity index (χ3n) is 3.37. The molecule has 0 saturated heterocycles. The standard InChI is InChI=1S/C19H22N2O3S/c1-3-23-12-13-24-17-7-5-4-6-16(17)20-19(25)21-18(22)15-10-8-14(2)9-11-15/h4-11H,3,12-13H2,1-2H3,(H2,20,21,22,25). The molecular weight excluding hydrogens is 336 g/mol. The second-order valence-electron chi connectivity index (χ2n) is 5.32. The normalized spacial score (nSPS) is 10.2. The first kappa shape index (κ1) is 18.9. The van der Waals surface area contributed by atoms with Gasteiger partial charge in [0, 0.05) is 12.2 Å². The van der Waals surface area contributed by atoms with Gasteiger partial charge in [0.25, 0.3) is 5.91 Å². The van der Waals surface area contributed by atoms with E-state index >= 15 is 0 Å². The molecule has 0 unspecified atom stereocenters. The number of carbonyl (C=O) groups is 1. The lowest BCUT2D eigenvalue weighted by atomic mass is 10.1. The maximum atomic E-state index is 12.2. The quantitative estimate of drug-likeness (QED) is 0.586. The third kappa shape index (κ3) is 6.17. The molecule has 0 fully saturated rings. The number of hydrogen-bond donors (Lipinski definition) is 2. The molecule has 2 aromatic carbocycles. The molecule has 0 spiro atoms. The van der Waals surface area contributed by atoms with Gasteiger partial charge in [0.2, 0.25) is 0 Å². The van der Waals surface area contributed by atoms with Gasteiger partial charge >= 0.3 is 0 Å². The average Bonchev–Trinajstić information content (AvgIpc) is 2.60. The van der Waals surface area contributed by atoms with E-state index in [2.05, 4.69) is 10.6 Å². The van der Waals surface area contributed by atoms with Crippen molar-refractivity contribution in [1.29, 1.82) is 0 Å². The maximum Gasteiger partial charge on any atom is 0.257 e. The molecule has 25 heavy (non-hydrogen) atoms. The number of anilines is 1. The molecular formula is C19H22N2O3S. The Labute approximate surface area is 153 Å². The Kier molecular flexibility index (Phi) is 7.37. The monoisotopic (exact) mass is 358 g/mol. The van der Waals surface area contributed by atoms with Crippen molar-refractivity contribution in [3.8, 4) is 5.75 Å². The molecule has 0 aliphatic heterocycles. The highest BCUT2D eigenvalue weighted by molar-refractivity contribution is 7.80. The molecule has 0 aromatic heterocycles. The highest BCUT2D eigenvalue weighted by Gasteiger charge is 2.10. The van der Waals surface area contributed by atoms with Gasteiger partial charge in [-0.25, -0.2) is 0 Å². The molecule has 0 bridgehead atoms. The lowest BCUT2D eigenvalue weighted by molar-refractivity contribution is 0.0977. The van der Waals surface area contributed by atoms with Crippen molar-refractivity contribution in [2.24, 2.45) is 0 Å². The van der Waals surface area contributed by atoms with Crippen LogP contribution in [0.25, 0.3) is 0 Å². The molecule has 2 aromatic rings. The van der Waals surface area contributed by atoms with E-state index in [1.807, 2.05) is 50.2 Å². The van der Waals surface area contributed by atoms with E-state index in [9.17, 15) is 4.79 Å². The fourth-order valence-corrected chi connectivity index (χ4v) is 2.29. The van der Waals surface area contributed by atoms with Gasteiger partial charge in [0.15, 0.2) is 5.11 Å². The molecule has 0 radical (unpaired) electrons. The predicted octanol–water partition coefficient (Wildman–Crippen LogP) is 3.54. The van der Waals surface area contributed by atoms with Crippen molar-refractivity contribution in [3.05, 3.63) is 59.7 Å². The van der Waals surface area contributed by atoms with Gasteiger partial charge in [-0.1, -0.05) is 29.8 Å². The number of rotatable bonds is 7. The maximum absolute atomic E-state index is 12.2. The Morgan fingerprint density at radius 3 is 2.52 bits per heavy atom. The molecule has 132 valence electrons. The first-order valence-corrected chi connectivity index (χ1v) is 8.49. The number of nitrogens with one attached hydrogen (secondary N) is 2. The van der Waals surface area contributed by atoms with Gasteiger partial charge < -0.3 is 14.8 Å². The lowest BCUT2D eigenvalue weighted by Gasteiger charge is -2.14. The minimum absolute atomic E-state index is 0.214. The van der Waals surface area contributed by atoms with Crippen LogP contribution >= 0.6 is 12.2 Å². The van der Waals surface area contributed by atoms with Crippen LogP contribution in [0.2, 0.25) is 0 Å². The van der Waals surface area contributed by atoms with Crippen LogP contribution in [0.15, 0.2) is 48.5 Å². The zero-order chi connectivity index (χ0) is 18.1. The number of aryl methyl sites for hydroxylation is 1. The van der Waals surface area contributed by atoms with Crippen molar-refractivity contribution in [2.75, 3.05) is 25.1 Å². The number of ether oxygens (including phenoxy) is 2. The van der Waals surface area contributed by atoms with Crippen molar-refractivity contribution < 1.29 is 14.3 Å². The van der Waals surface area contributed by atoms with Gasteiger partial charge in [-0.15, -0.1) is 0 Å². The molecule has 5 nitrogen and oxygen atoms in total. The summed E-state index contributed by atoms with van der Waals surface area (Å²) in [4.78, 5) is 12.2. The van der Waals surface area contributed by atoms with Crippen molar-refractivity contribution in [1.82, 2.24) is 5.32 Å². The molecule has 2 N–H and O–H groups in total. The summed E-state index contributed by atoms with van der Waals surface area (Å²) in [6, 6.07) is 14.7. The van der Waals surface area contributed by atoms with E-state index in [4.69, 9.17) is 21.7 Å². The Balaban J connectivity index is 1.93. The summed E-state index contributed by atoms with van der Waals surface area (Å²) in [6.45, 7) is 5.51. The largest absolute Gasteiger partial charge is 0.489 e. The van der Waals surface area contributed by atoms with Gasteiger partial charge in [-0.3, -0.25) is 10.1 Å². The third-order valence-corrected chi connectivity index (χ3v) is 3.57. The van der Waals surface area contributed by atoms with E-state index in [1.54, 1.807) is 12.1 Å². The summed E-state index contributed by atoms with van der Waals surface area (Å²) in [6.07, 6.45) is 0. The molecule has 0 aliphatic carbocycles. The SMILES string of the molecule is CCOCCOc1ccccc1NC(=S)NC(=O)c1ccc(C)cc1. The van der Waals surface area contributed by atoms with Crippen LogP contribution in [0.4, 0.5) is 5.69 Å². The van der Waals surface area contributed by atoms with Crippen LogP contribution in [0.5, 0.6) is 5.75 Å². The lowest BCUT2D eigenvalue weighted by Crippen LogP contribution is -2.34. The number of amides is 1. The van der Waals surface area contributed by atoms with Gasteiger partial charge in [-0.05, 0) is 50.3 Å². The summed E-state index contributed by atoms with van der Waals surface area (Å²) in [5.41, 5.74) is 2.33. The number of benzene rings is 2. The van der Waals surface area contributed by atoms with Crippen LogP contribution in [0, 0.1) is 6.92 Å². The number of carbonyl (C=O) groups excluding carboxylic acids is 1. The summed E-state index contributed by atoms with van der Waals surface area (Å²) in [5, 5.41) is 5.88. The summed E-state index contributed by atoms with van der Waals surface area (Å²) < 4.78 is 10.9. The van der Waals surface area contributed by atoms with E-state index in [-0.39, 0.29) is 11.0 Å². The molecule has 1 amide bonds. The topological polar surface area (TPSA) is 59.6 Å². The van der Waals surface area contributed by atoms with E-state index < -0.39 is 0 Å². The number of hydrogen-bond acceptors (Lipinski definition) is 4. The predicted molar refractivity (Wildman–Crippen MR) is 103 cm³/mol. The molecule has 0 saturated carbocycles. The smallest absolute Gasteiger partial charge is 0.257 e. The fraction of sp³-hybridized carbons (Fsp3) is 0.263. The first-order valence-electron chi connectivity index (χ1n) is 8.08. The van der Waals surface area contributed by atoms with E-state index in [0.29, 0.717) is 36.8 Å². The van der Waals surface area contributed by atoms with Crippen LogP contribution in [-0.4, -0.2) is 30.8 Å². The van der Waals surface area contributed by atoms with Gasteiger partial charge in [-0.2, -0.15) is 0 Å². The van der Waals surface area contributed by atoms with Gasteiger partial charge in [0.05, 0.1) is 12.3 Å². The summed E-state index contributed by atoms with van der Waals surface area (Å²) in [7, 11) is 0. The molecule has 0 atom stereocenters.